The van der Waals surface area contributed by atoms with E-state index in [0.29, 0.717) is 16.1 Å². The minimum Gasteiger partial charge on any atom is -0.271 e. The Bertz CT molecular complexity index is 563. The summed E-state index contributed by atoms with van der Waals surface area (Å²) in [5.41, 5.74) is 3.64. The van der Waals surface area contributed by atoms with Gasteiger partial charge >= 0.3 is 0 Å². The molecule has 0 aliphatic rings. The van der Waals surface area contributed by atoms with Crippen LogP contribution in [0, 0.1) is 11.6 Å². The summed E-state index contributed by atoms with van der Waals surface area (Å²) in [4.78, 5) is 3.85. The number of hydrogen-bond donors (Lipinski definition) is 2. The lowest BCUT2D eigenvalue weighted by atomic mass is 10.00. The van der Waals surface area contributed by atoms with Crippen molar-refractivity contribution in [2.45, 2.75) is 6.04 Å². The summed E-state index contributed by atoms with van der Waals surface area (Å²) in [7, 11) is 0. The third kappa shape index (κ3) is 2.48. The van der Waals surface area contributed by atoms with Gasteiger partial charge in [0.1, 0.15) is 0 Å². The molecular weight excluding hydrogens is 260 g/mol. The van der Waals surface area contributed by atoms with Crippen molar-refractivity contribution >= 4 is 11.6 Å². The van der Waals surface area contributed by atoms with Crippen LogP contribution in [-0.4, -0.2) is 4.98 Å². The first-order valence-electron chi connectivity index (χ1n) is 5.14. The predicted octanol–water partition coefficient (Wildman–Crippen LogP) is 2.57. The Balaban J connectivity index is 2.45. The van der Waals surface area contributed by atoms with Gasteiger partial charge in [0.05, 0.1) is 11.1 Å². The molecule has 0 fully saturated rings. The molecule has 0 aliphatic carbocycles. The maximum absolute atomic E-state index is 13.2. The molecule has 94 valence electrons. The summed E-state index contributed by atoms with van der Waals surface area (Å²) in [6.45, 7) is 0. The van der Waals surface area contributed by atoms with E-state index < -0.39 is 17.7 Å². The molecule has 1 atom stereocenters. The second kappa shape index (κ2) is 5.39. The number of rotatable bonds is 3. The molecule has 3 nitrogen and oxygen atoms in total. The zero-order valence-corrected chi connectivity index (χ0v) is 9.96. The van der Waals surface area contributed by atoms with Crippen molar-refractivity contribution in [2.24, 2.45) is 5.84 Å². The lowest BCUT2D eigenvalue weighted by molar-refractivity contribution is 0.504. The fourth-order valence-corrected chi connectivity index (χ4v) is 1.91. The predicted molar refractivity (Wildman–Crippen MR) is 64.8 cm³/mol. The van der Waals surface area contributed by atoms with Crippen molar-refractivity contribution < 1.29 is 8.78 Å². The molecule has 0 bridgehead atoms. The molecule has 0 radical (unpaired) electrons. The molecule has 6 heteroatoms. The number of hydrazine groups is 1. The van der Waals surface area contributed by atoms with Crippen molar-refractivity contribution in [3.05, 3.63) is 64.4 Å². The third-order valence-electron chi connectivity index (χ3n) is 2.56. The van der Waals surface area contributed by atoms with Gasteiger partial charge in [-0.1, -0.05) is 17.7 Å². The molecule has 0 amide bonds. The Labute approximate surface area is 108 Å². The van der Waals surface area contributed by atoms with E-state index >= 15 is 0 Å². The van der Waals surface area contributed by atoms with Crippen molar-refractivity contribution in [3.8, 4) is 0 Å². The number of benzene rings is 1. The summed E-state index contributed by atoms with van der Waals surface area (Å²) >= 11 is 5.99. The highest BCUT2D eigenvalue weighted by molar-refractivity contribution is 6.31. The molecule has 0 saturated carbocycles. The molecule has 1 aromatic heterocycles. The second-order valence-corrected chi connectivity index (χ2v) is 4.08. The highest BCUT2D eigenvalue weighted by atomic mass is 35.5. The van der Waals surface area contributed by atoms with Gasteiger partial charge in [0.15, 0.2) is 11.6 Å². The molecule has 18 heavy (non-hydrogen) atoms. The SMILES string of the molecule is NNC(c1ccc(F)c(F)c1)c1ccncc1Cl. The monoisotopic (exact) mass is 269 g/mol. The van der Waals surface area contributed by atoms with Crippen LogP contribution in [0.3, 0.4) is 0 Å². The van der Waals surface area contributed by atoms with Crippen LogP contribution < -0.4 is 11.3 Å². The Morgan fingerprint density at radius 3 is 2.61 bits per heavy atom. The van der Waals surface area contributed by atoms with E-state index in [0.717, 1.165) is 12.1 Å². The van der Waals surface area contributed by atoms with E-state index in [2.05, 4.69) is 10.4 Å². The van der Waals surface area contributed by atoms with Gasteiger partial charge in [-0.2, -0.15) is 0 Å². The highest BCUT2D eigenvalue weighted by Crippen LogP contribution is 2.27. The minimum absolute atomic E-state index is 0.394. The summed E-state index contributed by atoms with van der Waals surface area (Å²) < 4.78 is 26.1. The fraction of sp³-hybridized carbons (Fsp3) is 0.0833. The van der Waals surface area contributed by atoms with Gasteiger partial charge in [-0.15, -0.1) is 0 Å². The Hall–Kier alpha value is -1.56. The molecule has 2 aromatic rings. The average molecular weight is 270 g/mol. The Kier molecular flexibility index (Phi) is 3.86. The molecule has 1 aromatic carbocycles. The van der Waals surface area contributed by atoms with Crippen molar-refractivity contribution in [2.75, 3.05) is 0 Å². The molecular formula is C12H10ClF2N3. The van der Waals surface area contributed by atoms with Gasteiger partial charge in [0.2, 0.25) is 0 Å². The van der Waals surface area contributed by atoms with Crippen LogP contribution in [0.15, 0.2) is 36.7 Å². The van der Waals surface area contributed by atoms with Crippen LogP contribution >= 0.6 is 11.6 Å². The van der Waals surface area contributed by atoms with Crippen LogP contribution in [0.25, 0.3) is 0 Å². The van der Waals surface area contributed by atoms with Gasteiger partial charge < -0.3 is 0 Å². The smallest absolute Gasteiger partial charge is 0.159 e. The maximum Gasteiger partial charge on any atom is 0.159 e. The van der Waals surface area contributed by atoms with Gasteiger partial charge in [-0.25, -0.2) is 14.2 Å². The Morgan fingerprint density at radius 2 is 2.00 bits per heavy atom. The van der Waals surface area contributed by atoms with E-state index in [9.17, 15) is 8.78 Å². The molecule has 1 heterocycles. The zero-order valence-electron chi connectivity index (χ0n) is 9.20. The first kappa shape index (κ1) is 12.9. The van der Waals surface area contributed by atoms with Crippen LogP contribution in [0.2, 0.25) is 5.02 Å². The van der Waals surface area contributed by atoms with Crippen LogP contribution in [0.1, 0.15) is 17.2 Å². The highest BCUT2D eigenvalue weighted by Gasteiger charge is 2.17. The van der Waals surface area contributed by atoms with Crippen LogP contribution in [0.4, 0.5) is 8.78 Å². The van der Waals surface area contributed by atoms with Crippen LogP contribution in [0.5, 0.6) is 0 Å². The van der Waals surface area contributed by atoms with E-state index in [1.807, 2.05) is 0 Å². The number of halogens is 3. The summed E-state index contributed by atoms with van der Waals surface area (Å²) in [6, 6.07) is 4.70. The first-order valence-corrected chi connectivity index (χ1v) is 5.51. The lowest BCUT2D eigenvalue weighted by Crippen LogP contribution is -2.29. The first-order chi connectivity index (χ1) is 8.63. The van der Waals surface area contributed by atoms with E-state index in [1.165, 1.54) is 12.3 Å². The summed E-state index contributed by atoms with van der Waals surface area (Å²) in [5, 5.41) is 0.394. The molecule has 0 saturated heterocycles. The maximum atomic E-state index is 13.2. The number of nitrogens with one attached hydrogen (secondary N) is 1. The lowest BCUT2D eigenvalue weighted by Gasteiger charge is -2.18. The summed E-state index contributed by atoms with van der Waals surface area (Å²) in [6.07, 6.45) is 3.01. The molecule has 2 rings (SSSR count). The molecule has 0 spiro atoms. The fourth-order valence-electron chi connectivity index (χ4n) is 1.68. The Morgan fingerprint density at radius 1 is 1.22 bits per heavy atom. The quantitative estimate of drug-likeness (QED) is 0.665. The van der Waals surface area contributed by atoms with Crippen LogP contribution in [-0.2, 0) is 0 Å². The normalized spacial score (nSPS) is 12.4. The summed E-state index contributed by atoms with van der Waals surface area (Å²) in [5.74, 6) is 3.61. The zero-order chi connectivity index (χ0) is 13.1. The standard InChI is InChI=1S/C12H10ClF2N3/c13-9-6-17-4-3-8(9)12(18-16)7-1-2-10(14)11(15)5-7/h1-6,12,18H,16H2. The van der Waals surface area contributed by atoms with E-state index in [-0.39, 0.29) is 0 Å². The third-order valence-corrected chi connectivity index (χ3v) is 2.87. The molecule has 0 aliphatic heterocycles. The molecule has 1 unspecified atom stereocenters. The van der Waals surface area contributed by atoms with Gasteiger partial charge in [-0.05, 0) is 29.3 Å². The van der Waals surface area contributed by atoms with Crippen molar-refractivity contribution in [1.82, 2.24) is 10.4 Å². The van der Waals surface area contributed by atoms with E-state index in [4.69, 9.17) is 17.4 Å². The van der Waals surface area contributed by atoms with Gasteiger partial charge in [0.25, 0.3) is 0 Å². The number of aromatic nitrogens is 1. The number of hydrogen-bond acceptors (Lipinski definition) is 3. The van der Waals surface area contributed by atoms with Crippen molar-refractivity contribution in [3.63, 3.8) is 0 Å². The number of nitrogens with two attached hydrogens (primary N) is 1. The topological polar surface area (TPSA) is 50.9 Å². The van der Waals surface area contributed by atoms with Gasteiger partial charge in [-0.3, -0.25) is 10.8 Å². The van der Waals surface area contributed by atoms with Crippen molar-refractivity contribution in [1.29, 1.82) is 0 Å². The largest absolute Gasteiger partial charge is 0.271 e. The number of nitrogens with zero attached hydrogens (tertiary/aromatic N) is 1. The van der Waals surface area contributed by atoms with Gasteiger partial charge in [0, 0.05) is 12.4 Å². The average Bonchev–Trinajstić information content (AvgIpc) is 2.37. The molecule has 3 N–H and O–H groups in total. The van der Waals surface area contributed by atoms with E-state index in [1.54, 1.807) is 12.3 Å². The number of pyridine rings is 1. The second-order valence-electron chi connectivity index (χ2n) is 3.67. The minimum atomic E-state index is -0.932.